The average molecular weight is 669 g/mol. The van der Waals surface area contributed by atoms with Crippen LogP contribution in [0.15, 0.2) is 102 Å². The van der Waals surface area contributed by atoms with E-state index in [4.69, 9.17) is 9.90 Å². The van der Waals surface area contributed by atoms with E-state index in [0.717, 1.165) is 43.3 Å². The van der Waals surface area contributed by atoms with Crippen molar-refractivity contribution in [3.63, 3.8) is 0 Å². The number of halogens is 3. The fourth-order valence-electron chi connectivity index (χ4n) is 2.81. The van der Waals surface area contributed by atoms with Crippen molar-refractivity contribution in [1.82, 2.24) is 9.97 Å². The van der Waals surface area contributed by atoms with Gasteiger partial charge in [-0.2, -0.15) is 13.2 Å². The van der Waals surface area contributed by atoms with Crippen molar-refractivity contribution in [2.24, 2.45) is 0 Å². The number of pyridine rings is 2. The number of hydrogen-bond acceptors (Lipinski definition) is 7. The number of hydrogen-bond donors (Lipinski definition) is 2. The van der Waals surface area contributed by atoms with E-state index in [0.29, 0.717) is 6.07 Å². The van der Waals surface area contributed by atoms with Gasteiger partial charge in [-0.05, 0) is 48.5 Å². The predicted octanol–water partition coefficient (Wildman–Crippen LogP) is 5.65. The van der Waals surface area contributed by atoms with Crippen molar-refractivity contribution in [3.8, 4) is 11.3 Å². The summed E-state index contributed by atoms with van der Waals surface area (Å²) < 4.78 is 66.8. The van der Waals surface area contributed by atoms with Crippen molar-refractivity contribution in [3.05, 3.63) is 113 Å². The van der Waals surface area contributed by atoms with Crippen LogP contribution in [0.25, 0.3) is 11.3 Å². The van der Waals surface area contributed by atoms with Gasteiger partial charge in [-0.1, -0.05) is 18.2 Å². The Morgan fingerprint density at radius 2 is 1.52 bits per heavy atom. The third-order valence-corrected chi connectivity index (χ3v) is 5.84. The van der Waals surface area contributed by atoms with E-state index in [2.05, 4.69) is 14.7 Å². The summed E-state index contributed by atoms with van der Waals surface area (Å²) in [5, 5.41) is 18.1. The predicted molar refractivity (Wildman–Crippen MR) is 136 cm³/mol. The van der Waals surface area contributed by atoms with E-state index in [1.807, 2.05) is 18.2 Å². The first-order chi connectivity index (χ1) is 18.3. The Balaban J connectivity index is 0.000000616. The Morgan fingerprint density at radius 3 is 1.95 bits per heavy atom. The quantitative estimate of drug-likeness (QED) is 0.157. The number of aromatic nitrogens is 2. The van der Waals surface area contributed by atoms with Crippen LogP contribution in [0.4, 0.5) is 24.5 Å². The second kappa shape index (κ2) is 15.4. The Labute approximate surface area is 240 Å². The summed E-state index contributed by atoms with van der Waals surface area (Å²) in [6.45, 7) is 1.08. The molecule has 10 nitrogen and oxygen atoms in total. The molecule has 0 radical (unpaired) electrons. The summed E-state index contributed by atoms with van der Waals surface area (Å²) in [6.07, 6.45) is 0.234. The number of anilines is 1. The van der Waals surface area contributed by atoms with E-state index >= 15 is 0 Å². The fourth-order valence-corrected chi connectivity index (χ4v) is 3.88. The molecule has 0 saturated heterocycles. The second-order valence-electron chi connectivity index (χ2n) is 7.37. The summed E-state index contributed by atoms with van der Waals surface area (Å²) in [4.78, 5) is 26.5. The molecule has 214 valence electrons. The van der Waals surface area contributed by atoms with Crippen LogP contribution in [-0.2, 0) is 41.4 Å². The van der Waals surface area contributed by atoms with E-state index < -0.39 is 32.7 Å². The standard InChI is InChI=1S/C18H12F3N3O4S.C5H5N.C2H4O2.Pd/c19-18(20,21)12-4-9-15(16-3-1-2-10-22-16)17(11-12)23-29(27,28)14-7-5-13(6-8-14)24(25)26;1-2-4-6-5-3-1;1-2(3)4;/h1-11,23H;1-5H;1H3,(H,3,4);. The molecule has 0 aliphatic rings. The van der Waals surface area contributed by atoms with Crippen molar-refractivity contribution in [1.29, 1.82) is 0 Å². The van der Waals surface area contributed by atoms with Gasteiger partial charge < -0.3 is 5.11 Å². The molecule has 4 rings (SSSR count). The molecule has 2 aromatic carbocycles. The first kappa shape index (κ1) is 33.8. The number of aliphatic carboxylic acids is 1. The van der Waals surface area contributed by atoms with Gasteiger partial charge in [-0.25, -0.2) is 8.42 Å². The zero-order chi connectivity index (χ0) is 29.1. The normalized spacial score (nSPS) is 10.4. The number of non-ortho nitro benzene ring substituents is 1. The van der Waals surface area contributed by atoms with Crippen LogP contribution in [0.3, 0.4) is 0 Å². The number of carbonyl (C=O) groups is 1. The number of nitrogens with one attached hydrogen (secondary N) is 1. The molecule has 0 spiro atoms. The molecule has 0 bridgehead atoms. The van der Waals surface area contributed by atoms with Crippen LogP contribution in [0.1, 0.15) is 12.5 Å². The number of nitrogens with zero attached hydrogens (tertiary/aromatic N) is 3. The zero-order valence-corrected chi connectivity index (χ0v) is 22.8. The van der Waals surface area contributed by atoms with Crippen molar-refractivity contribution in [2.45, 2.75) is 18.0 Å². The van der Waals surface area contributed by atoms with Gasteiger partial charge in [0.1, 0.15) is 0 Å². The fraction of sp³-hybridized carbons (Fsp3) is 0.0800. The summed E-state index contributed by atoms with van der Waals surface area (Å²) in [7, 11) is -4.32. The van der Waals surface area contributed by atoms with Gasteiger partial charge in [0.15, 0.2) is 0 Å². The maximum atomic E-state index is 13.1. The van der Waals surface area contributed by atoms with Gasteiger partial charge in [0, 0.05) is 63.6 Å². The minimum atomic E-state index is -4.68. The van der Waals surface area contributed by atoms with Crippen LogP contribution in [0.5, 0.6) is 0 Å². The monoisotopic (exact) mass is 668 g/mol. The molecule has 40 heavy (non-hydrogen) atoms. The molecule has 0 amide bonds. The minimum absolute atomic E-state index is 0. The molecular formula is C25H21F3N4O6PdS. The number of rotatable bonds is 5. The Kier molecular flexibility index (Phi) is 13.0. The molecule has 2 N–H and O–H groups in total. The molecule has 2 heterocycles. The van der Waals surface area contributed by atoms with E-state index in [1.54, 1.807) is 24.5 Å². The van der Waals surface area contributed by atoms with Crippen LogP contribution in [0, 0.1) is 10.1 Å². The average Bonchev–Trinajstić information content (AvgIpc) is 2.89. The van der Waals surface area contributed by atoms with Gasteiger partial charge in [-0.3, -0.25) is 29.6 Å². The van der Waals surface area contributed by atoms with Gasteiger partial charge in [0.25, 0.3) is 21.7 Å². The zero-order valence-electron chi connectivity index (χ0n) is 20.4. The molecule has 0 fully saturated rings. The molecule has 0 unspecified atom stereocenters. The Hall–Kier alpha value is -4.19. The maximum absolute atomic E-state index is 13.1. The summed E-state index contributed by atoms with van der Waals surface area (Å²) in [6, 6.07) is 17.0. The molecule has 0 saturated carbocycles. The van der Waals surface area contributed by atoms with Gasteiger partial charge in [-0.15, -0.1) is 0 Å². The van der Waals surface area contributed by atoms with Crippen LogP contribution >= 0.6 is 0 Å². The van der Waals surface area contributed by atoms with Gasteiger partial charge >= 0.3 is 6.18 Å². The summed E-state index contributed by atoms with van der Waals surface area (Å²) in [5.41, 5.74) is -1.28. The molecular weight excluding hydrogens is 648 g/mol. The number of carboxylic acid groups (broad SMARTS) is 1. The smallest absolute Gasteiger partial charge is 0.416 e. The van der Waals surface area contributed by atoms with Crippen LogP contribution < -0.4 is 4.72 Å². The van der Waals surface area contributed by atoms with E-state index in [9.17, 15) is 31.7 Å². The third kappa shape index (κ3) is 10.9. The Bertz CT molecular complexity index is 1460. The number of nitro groups is 1. The third-order valence-electron chi connectivity index (χ3n) is 4.46. The molecule has 0 atom stereocenters. The van der Waals surface area contributed by atoms with Crippen LogP contribution in [-0.4, -0.2) is 34.4 Å². The topological polar surface area (TPSA) is 152 Å². The second-order valence-corrected chi connectivity index (χ2v) is 9.06. The first-order valence-corrected chi connectivity index (χ1v) is 12.2. The molecule has 4 aromatic rings. The van der Waals surface area contributed by atoms with Crippen molar-refractivity contribution >= 4 is 27.4 Å². The van der Waals surface area contributed by atoms with E-state index in [1.165, 1.54) is 12.3 Å². The van der Waals surface area contributed by atoms with Crippen LogP contribution in [0.2, 0.25) is 0 Å². The van der Waals surface area contributed by atoms with Crippen molar-refractivity contribution in [2.75, 3.05) is 4.72 Å². The van der Waals surface area contributed by atoms with E-state index in [-0.39, 0.29) is 48.0 Å². The number of alkyl halides is 3. The van der Waals surface area contributed by atoms with Gasteiger partial charge in [0.05, 0.1) is 26.8 Å². The Morgan fingerprint density at radius 1 is 0.950 bits per heavy atom. The number of benzene rings is 2. The SMILES string of the molecule is CC(=O)O.O=[N+]([O-])c1ccc(S(=O)(=O)Nc2cc(C(F)(F)F)ccc2-c2ccccn2)cc1.[Pd].c1ccncc1. The molecule has 0 aliphatic heterocycles. The summed E-state index contributed by atoms with van der Waals surface area (Å²) >= 11 is 0. The largest absolute Gasteiger partial charge is 0.481 e. The molecule has 0 aliphatic carbocycles. The summed E-state index contributed by atoms with van der Waals surface area (Å²) in [5.74, 6) is -0.833. The molecule has 2 aromatic heterocycles. The molecule has 15 heteroatoms. The minimum Gasteiger partial charge on any atom is -0.481 e. The first-order valence-electron chi connectivity index (χ1n) is 10.8. The maximum Gasteiger partial charge on any atom is 0.416 e. The van der Waals surface area contributed by atoms with Crippen molar-refractivity contribution < 1.29 is 56.8 Å². The number of sulfonamides is 1. The number of nitro benzene ring substituents is 1. The van der Waals surface area contributed by atoms with Gasteiger partial charge in [0.2, 0.25) is 0 Å². The number of carboxylic acids is 1.